The van der Waals surface area contributed by atoms with Crippen LogP contribution < -0.4 is 0 Å². The van der Waals surface area contributed by atoms with Crippen LogP contribution in [0.1, 0.15) is 52.4 Å². The van der Waals surface area contributed by atoms with Gasteiger partial charge in [0.25, 0.3) is 0 Å². The van der Waals surface area contributed by atoms with Crippen LogP contribution in [-0.2, 0) is 4.79 Å². The molecule has 1 rings (SSSR count). The minimum atomic E-state index is 0.379. The Morgan fingerprint density at radius 1 is 1.20 bits per heavy atom. The van der Waals surface area contributed by atoms with Crippen molar-refractivity contribution >= 4 is 5.78 Å². The lowest BCUT2D eigenvalue weighted by Gasteiger charge is -2.24. The molecule has 0 spiro atoms. The normalized spacial score (nSPS) is 18.3. The maximum absolute atomic E-state index is 12.0. The molecule has 0 heterocycles. The molecular formula is C13H25NO. The molecule has 0 aromatic rings. The van der Waals surface area contributed by atoms with Crippen molar-refractivity contribution in [1.82, 2.24) is 4.90 Å². The molecule has 0 amide bonds. The van der Waals surface area contributed by atoms with Crippen LogP contribution in [0.4, 0.5) is 0 Å². The third-order valence-electron chi connectivity index (χ3n) is 3.43. The summed E-state index contributed by atoms with van der Waals surface area (Å²) in [7, 11) is 0. The van der Waals surface area contributed by atoms with Crippen LogP contribution in [0.25, 0.3) is 0 Å². The van der Waals surface area contributed by atoms with Crippen LogP contribution in [-0.4, -0.2) is 30.3 Å². The smallest absolute Gasteiger partial charge is 0.149 e. The van der Waals surface area contributed by atoms with Gasteiger partial charge in [-0.15, -0.1) is 0 Å². The minimum Gasteiger partial charge on any atom is -0.298 e. The van der Waals surface area contributed by atoms with Gasteiger partial charge in [-0.1, -0.05) is 33.1 Å². The van der Waals surface area contributed by atoms with Gasteiger partial charge in [0.05, 0.1) is 6.54 Å². The van der Waals surface area contributed by atoms with Crippen molar-refractivity contribution in [3.8, 4) is 0 Å². The molecule has 15 heavy (non-hydrogen) atoms. The van der Waals surface area contributed by atoms with E-state index >= 15 is 0 Å². The molecule has 1 fully saturated rings. The van der Waals surface area contributed by atoms with Crippen LogP contribution in [0.2, 0.25) is 0 Å². The van der Waals surface area contributed by atoms with Gasteiger partial charge in [0, 0.05) is 5.92 Å². The molecule has 0 radical (unpaired) electrons. The third-order valence-corrected chi connectivity index (χ3v) is 3.43. The Morgan fingerprint density at radius 3 is 2.40 bits per heavy atom. The highest BCUT2D eigenvalue weighted by atomic mass is 16.1. The maximum Gasteiger partial charge on any atom is 0.149 e. The Kier molecular flexibility index (Phi) is 5.92. The molecule has 1 aliphatic carbocycles. The summed E-state index contributed by atoms with van der Waals surface area (Å²) < 4.78 is 0. The number of carbonyl (C=O) groups is 1. The lowest BCUT2D eigenvalue weighted by atomic mass is 9.86. The SMILES string of the molecule is CCCN(CC)CC(=O)C1CCCCC1. The fourth-order valence-corrected chi connectivity index (χ4v) is 2.44. The zero-order valence-corrected chi connectivity index (χ0v) is 10.3. The molecule has 2 nitrogen and oxygen atoms in total. The second-order valence-corrected chi connectivity index (χ2v) is 4.67. The lowest BCUT2D eigenvalue weighted by Crippen LogP contribution is -2.34. The average molecular weight is 211 g/mol. The van der Waals surface area contributed by atoms with Gasteiger partial charge in [0.2, 0.25) is 0 Å². The van der Waals surface area contributed by atoms with Crippen molar-refractivity contribution in [2.75, 3.05) is 19.6 Å². The molecule has 0 saturated heterocycles. The summed E-state index contributed by atoms with van der Waals surface area (Å²) in [5.74, 6) is 0.870. The standard InChI is InChI=1S/C13H25NO/c1-3-10-14(4-2)11-13(15)12-8-6-5-7-9-12/h12H,3-11H2,1-2H3. The van der Waals surface area contributed by atoms with Crippen molar-refractivity contribution in [3.63, 3.8) is 0 Å². The largest absolute Gasteiger partial charge is 0.298 e. The summed E-state index contributed by atoms with van der Waals surface area (Å²) in [6, 6.07) is 0. The fourth-order valence-electron chi connectivity index (χ4n) is 2.44. The van der Waals surface area contributed by atoms with Gasteiger partial charge >= 0.3 is 0 Å². The fraction of sp³-hybridized carbons (Fsp3) is 0.923. The van der Waals surface area contributed by atoms with E-state index in [1.54, 1.807) is 0 Å². The van der Waals surface area contributed by atoms with Crippen LogP contribution in [0.15, 0.2) is 0 Å². The molecule has 88 valence electrons. The Morgan fingerprint density at radius 2 is 1.87 bits per heavy atom. The van der Waals surface area contributed by atoms with Crippen LogP contribution >= 0.6 is 0 Å². The summed E-state index contributed by atoms with van der Waals surface area (Å²) in [5.41, 5.74) is 0. The minimum absolute atomic E-state index is 0.379. The molecule has 0 aromatic carbocycles. The molecule has 0 bridgehead atoms. The first-order chi connectivity index (χ1) is 7.27. The molecule has 0 N–H and O–H groups in total. The zero-order chi connectivity index (χ0) is 11.1. The number of carbonyl (C=O) groups excluding carboxylic acids is 1. The van der Waals surface area contributed by atoms with E-state index in [9.17, 15) is 4.79 Å². The highest BCUT2D eigenvalue weighted by Gasteiger charge is 2.21. The zero-order valence-electron chi connectivity index (χ0n) is 10.3. The predicted molar refractivity (Wildman–Crippen MR) is 64.0 cm³/mol. The van der Waals surface area contributed by atoms with Crippen molar-refractivity contribution in [1.29, 1.82) is 0 Å². The topological polar surface area (TPSA) is 20.3 Å². The lowest BCUT2D eigenvalue weighted by molar-refractivity contribution is -0.124. The van der Waals surface area contributed by atoms with Crippen molar-refractivity contribution in [2.24, 2.45) is 5.92 Å². The van der Waals surface area contributed by atoms with Crippen molar-refractivity contribution < 1.29 is 4.79 Å². The number of likely N-dealkylation sites (N-methyl/N-ethyl adjacent to an activating group) is 1. The average Bonchev–Trinajstić information content (AvgIpc) is 2.29. The van der Waals surface area contributed by atoms with E-state index in [1.807, 2.05) is 0 Å². The second kappa shape index (κ2) is 7.00. The first kappa shape index (κ1) is 12.7. The first-order valence-electron chi connectivity index (χ1n) is 6.53. The summed E-state index contributed by atoms with van der Waals surface area (Å²) in [6.07, 6.45) is 7.28. The number of hydrogen-bond acceptors (Lipinski definition) is 2. The molecular weight excluding hydrogens is 186 g/mol. The summed E-state index contributed by atoms with van der Waals surface area (Å²) >= 11 is 0. The van der Waals surface area contributed by atoms with Gasteiger partial charge < -0.3 is 0 Å². The number of nitrogens with zero attached hydrogens (tertiary/aromatic N) is 1. The highest BCUT2D eigenvalue weighted by molar-refractivity contribution is 5.83. The molecule has 0 aliphatic heterocycles. The number of hydrogen-bond donors (Lipinski definition) is 0. The van der Waals surface area contributed by atoms with Gasteiger partial charge in [-0.3, -0.25) is 9.69 Å². The first-order valence-corrected chi connectivity index (χ1v) is 6.53. The predicted octanol–water partition coefficient (Wildman–Crippen LogP) is 2.87. The molecule has 2 heteroatoms. The quantitative estimate of drug-likeness (QED) is 0.673. The Balaban J connectivity index is 2.31. The van der Waals surface area contributed by atoms with Gasteiger partial charge in [-0.05, 0) is 32.4 Å². The van der Waals surface area contributed by atoms with Crippen molar-refractivity contribution in [3.05, 3.63) is 0 Å². The number of Topliss-reactive ketones (excluding diaryl/α,β-unsaturated/α-hetero) is 1. The molecule has 1 saturated carbocycles. The molecule has 0 aromatic heterocycles. The molecule has 0 unspecified atom stereocenters. The van der Waals surface area contributed by atoms with Gasteiger partial charge in [-0.25, -0.2) is 0 Å². The van der Waals surface area contributed by atoms with E-state index in [0.717, 1.165) is 32.4 Å². The number of rotatable bonds is 6. The highest BCUT2D eigenvalue weighted by Crippen LogP contribution is 2.24. The third kappa shape index (κ3) is 4.33. The van der Waals surface area contributed by atoms with Gasteiger partial charge in [0.15, 0.2) is 0 Å². The van der Waals surface area contributed by atoms with E-state index < -0.39 is 0 Å². The van der Waals surface area contributed by atoms with E-state index in [-0.39, 0.29) is 0 Å². The molecule has 0 atom stereocenters. The van der Waals surface area contributed by atoms with Crippen LogP contribution in [0, 0.1) is 5.92 Å². The van der Waals surface area contributed by atoms with Crippen molar-refractivity contribution in [2.45, 2.75) is 52.4 Å². The monoisotopic (exact) mass is 211 g/mol. The van der Waals surface area contributed by atoms with Gasteiger partial charge in [0.1, 0.15) is 5.78 Å². The van der Waals surface area contributed by atoms with Crippen LogP contribution in [0.5, 0.6) is 0 Å². The summed E-state index contributed by atoms with van der Waals surface area (Å²) in [4.78, 5) is 14.3. The Hall–Kier alpha value is -0.370. The van der Waals surface area contributed by atoms with Gasteiger partial charge in [-0.2, -0.15) is 0 Å². The Bertz CT molecular complexity index is 185. The van der Waals surface area contributed by atoms with E-state index in [4.69, 9.17) is 0 Å². The van der Waals surface area contributed by atoms with E-state index in [0.29, 0.717) is 18.2 Å². The number of ketones is 1. The van der Waals surface area contributed by atoms with E-state index in [2.05, 4.69) is 18.7 Å². The summed E-state index contributed by atoms with van der Waals surface area (Å²) in [6.45, 7) is 7.08. The molecule has 1 aliphatic rings. The van der Waals surface area contributed by atoms with E-state index in [1.165, 1.54) is 19.3 Å². The van der Waals surface area contributed by atoms with Crippen LogP contribution in [0.3, 0.4) is 0 Å². The maximum atomic E-state index is 12.0. The second-order valence-electron chi connectivity index (χ2n) is 4.67. The summed E-state index contributed by atoms with van der Waals surface area (Å²) in [5, 5.41) is 0. The Labute approximate surface area is 94.0 Å².